The van der Waals surface area contributed by atoms with Crippen molar-refractivity contribution in [3.05, 3.63) is 53.3 Å². The number of aromatic amines is 1. The van der Waals surface area contributed by atoms with E-state index in [9.17, 15) is 22.0 Å². The van der Waals surface area contributed by atoms with Crippen molar-refractivity contribution in [3.8, 4) is 0 Å². The van der Waals surface area contributed by atoms with Gasteiger partial charge in [-0.05, 0) is 55.7 Å². The second kappa shape index (κ2) is 8.35. The van der Waals surface area contributed by atoms with Crippen molar-refractivity contribution >= 4 is 32.7 Å². The molecule has 31 heavy (non-hydrogen) atoms. The van der Waals surface area contributed by atoms with Crippen molar-refractivity contribution in [2.24, 2.45) is 0 Å². The van der Waals surface area contributed by atoms with Gasteiger partial charge in [0, 0.05) is 24.3 Å². The lowest BCUT2D eigenvalue weighted by Crippen LogP contribution is -2.35. The molecule has 1 aromatic heterocycles. The van der Waals surface area contributed by atoms with E-state index in [1.165, 1.54) is 34.6 Å². The third kappa shape index (κ3) is 4.31. The summed E-state index contributed by atoms with van der Waals surface area (Å²) in [6.07, 6.45) is -0.0616. The number of rotatable bonds is 5. The summed E-state index contributed by atoms with van der Waals surface area (Å²) in [5.74, 6) is -0.940. The average Bonchev–Trinajstić information content (AvgIpc) is 3.19. The molecule has 1 amide bonds. The van der Waals surface area contributed by atoms with Gasteiger partial charge in [0.1, 0.15) is 0 Å². The molecule has 1 saturated heterocycles. The van der Waals surface area contributed by atoms with Crippen LogP contribution in [0.15, 0.2) is 41.3 Å². The Labute approximate surface area is 178 Å². The molecular weight excluding hydrogens is 426 g/mol. The van der Waals surface area contributed by atoms with Gasteiger partial charge in [0.25, 0.3) is 12.3 Å². The molecule has 0 spiro atoms. The first-order chi connectivity index (χ1) is 14.8. The molecule has 0 unspecified atom stereocenters. The number of amides is 1. The van der Waals surface area contributed by atoms with Crippen molar-refractivity contribution in [1.82, 2.24) is 14.3 Å². The fourth-order valence-electron chi connectivity index (χ4n) is 3.62. The Morgan fingerprint density at radius 3 is 2.58 bits per heavy atom. The smallest absolute Gasteiger partial charge is 0.295 e. The van der Waals surface area contributed by atoms with E-state index >= 15 is 0 Å². The van der Waals surface area contributed by atoms with Crippen molar-refractivity contribution in [3.63, 3.8) is 0 Å². The maximum atomic E-state index is 13.0. The third-order valence-corrected chi connectivity index (χ3v) is 7.27. The maximum absolute atomic E-state index is 13.0. The van der Waals surface area contributed by atoms with Crippen molar-refractivity contribution < 1.29 is 22.0 Å². The molecular formula is C21H22F2N4O3S. The molecule has 3 aromatic rings. The first kappa shape index (κ1) is 21.4. The van der Waals surface area contributed by atoms with E-state index in [2.05, 4.69) is 15.3 Å². The predicted octanol–water partition coefficient (Wildman–Crippen LogP) is 4.24. The number of fused-ring (bicyclic) bond motifs is 1. The summed E-state index contributed by atoms with van der Waals surface area (Å²) in [7, 11) is -3.64. The van der Waals surface area contributed by atoms with Crippen LogP contribution in [0.4, 0.5) is 14.5 Å². The molecule has 0 bridgehead atoms. The summed E-state index contributed by atoms with van der Waals surface area (Å²) in [6, 6.07) is 9.05. The first-order valence-corrected chi connectivity index (χ1v) is 11.4. The molecule has 10 heteroatoms. The Kier molecular flexibility index (Phi) is 5.76. The van der Waals surface area contributed by atoms with Crippen LogP contribution in [-0.2, 0) is 10.0 Å². The number of H-pyrrole nitrogens is 1. The Hall–Kier alpha value is -2.85. The van der Waals surface area contributed by atoms with Gasteiger partial charge in [-0.15, -0.1) is 0 Å². The molecule has 7 nitrogen and oxygen atoms in total. The largest absolute Gasteiger partial charge is 0.337 e. The minimum Gasteiger partial charge on any atom is -0.337 e. The average molecular weight is 448 g/mol. The van der Waals surface area contributed by atoms with E-state index < -0.39 is 28.2 Å². The molecule has 0 atom stereocenters. The van der Waals surface area contributed by atoms with Crippen LogP contribution in [0.5, 0.6) is 0 Å². The number of halogens is 2. The fraction of sp³-hybridized carbons (Fsp3) is 0.333. The summed E-state index contributed by atoms with van der Waals surface area (Å²) in [5.41, 5.74) is 1.97. The van der Waals surface area contributed by atoms with E-state index in [1.54, 1.807) is 13.0 Å². The molecule has 1 aliphatic heterocycles. The Bertz CT molecular complexity index is 1230. The van der Waals surface area contributed by atoms with Gasteiger partial charge in [0.05, 0.1) is 15.9 Å². The van der Waals surface area contributed by atoms with Crippen LogP contribution >= 0.6 is 0 Å². The van der Waals surface area contributed by atoms with E-state index in [4.69, 9.17) is 0 Å². The highest BCUT2D eigenvalue weighted by Crippen LogP contribution is 2.26. The number of sulfonamides is 1. The van der Waals surface area contributed by atoms with Gasteiger partial charge in [0.2, 0.25) is 10.0 Å². The number of alkyl halides is 2. The van der Waals surface area contributed by atoms with Gasteiger partial charge in [-0.25, -0.2) is 22.2 Å². The van der Waals surface area contributed by atoms with Crippen molar-refractivity contribution in [1.29, 1.82) is 0 Å². The lowest BCUT2D eigenvalue weighted by atomic mass is 10.1. The highest BCUT2D eigenvalue weighted by atomic mass is 32.2. The van der Waals surface area contributed by atoms with Crippen LogP contribution in [0.1, 0.15) is 47.4 Å². The predicted molar refractivity (Wildman–Crippen MR) is 113 cm³/mol. The molecule has 1 fully saturated rings. The lowest BCUT2D eigenvalue weighted by Gasteiger charge is -2.26. The number of aromatic nitrogens is 2. The summed E-state index contributed by atoms with van der Waals surface area (Å²) < 4.78 is 53.1. The zero-order chi connectivity index (χ0) is 22.2. The second-order valence-corrected chi connectivity index (χ2v) is 9.49. The summed E-state index contributed by atoms with van der Waals surface area (Å²) in [4.78, 5) is 19.2. The SMILES string of the molecule is Cc1ccc(S(=O)(=O)N2CCCCC2)cc1NC(=O)c1ccc2nc(C(F)F)[nH]c2c1. The number of carbonyl (C=O) groups is 1. The second-order valence-electron chi connectivity index (χ2n) is 7.55. The van der Waals surface area contributed by atoms with E-state index in [0.29, 0.717) is 35.4 Å². The fourth-order valence-corrected chi connectivity index (χ4v) is 5.16. The minimum absolute atomic E-state index is 0.126. The van der Waals surface area contributed by atoms with E-state index in [-0.39, 0.29) is 10.5 Å². The van der Waals surface area contributed by atoms with Crippen LogP contribution in [0, 0.1) is 6.92 Å². The zero-order valence-electron chi connectivity index (χ0n) is 16.9. The maximum Gasteiger partial charge on any atom is 0.295 e. The van der Waals surface area contributed by atoms with Crippen LogP contribution in [0.2, 0.25) is 0 Å². The number of imidazole rings is 1. The number of hydrogen-bond acceptors (Lipinski definition) is 4. The molecule has 4 rings (SSSR count). The van der Waals surface area contributed by atoms with Gasteiger partial charge in [-0.1, -0.05) is 12.5 Å². The summed E-state index contributed by atoms with van der Waals surface area (Å²) >= 11 is 0. The van der Waals surface area contributed by atoms with Gasteiger partial charge in [-0.3, -0.25) is 4.79 Å². The van der Waals surface area contributed by atoms with Crippen LogP contribution in [0.3, 0.4) is 0 Å². The molecule has 164 valence electrons. The number of anilines is 1. The molecule has 0 aliphatic carbocycles. The van der Waals surface area contributed by atoms with Crippen LogP contribution in [-0.4, -0.2) is 41.7 Å². The number of carbonyl (C=O) groups excluding carboxylic acids is 1. The number of nitrogens with one attached hydrogen (secondary N) is 2. The van der Waals surface area contributed by atoms with Gasteiger partial charge >= 0.3 is 0 Å². The van der Waals surface area contributed by atoms with Crippen LogP contribution < -0.4 is 5.32 Å². The molecule has 1 aliphatic rings. The highest BCUT2D eigenvalue weighted by molar-refractivity contribution is 7.89. The molecule has 2 aromatic carbocycles. The Balaban J connectivity index is 1.59. The normalized spacial score (nSPS) is 15.5. The molecule has 2 heterocycles. The Morgan fingerprint density at radius 1 is 1.13 bits per heavy atom. The summed E-state index contributed by atoms with van der Waals surface area (Å²) in [6.45, 7) is 2.74. The summed E-state index contributed by atoms with van der Waals surface area (Å²) in [5, 5.41) is 2.73. The number of piperidine rings is 1. The first-order valence-electron chi connectivity index (χ1n) is 9.96. The van der Waals surface area contributed by atoms with Gasteiger partial charge < -0.3 is 10.3 Å². The van der Waals surface area contributed by atoms with E-state index in [1.807, 2.05) is 0 Å². The van der Waals surface area contributed by atoms with Crippen molar-refractivity contribution in [2.45, 2.75) is 37.5 Å². The van der Waals surface area contributed by atoms with Crippen LogP contribution in [0.25, 0.3) is 11.0 Å². The number of aryl methyl sites for hydroxylation is 1. The van der Waals surface area contributed by atoms with Gasteiger partial charge in [-0.2, -0.15) is 4.31 Å². The highest BCUT2D eigenvalue weighted by Gasteiger charge is 2.26. The topological polar surface area (TPSA) is 95.2 Å². The molecule has 0 radical (unpaired) electrons. The number of nitrogens with zero attached hydrogens (tertiary/aromatic N) is 2. The monoisotopic (exact) mass is 448 g/mol. The number of hydrogen-bond donors (Lipinski definition) is 2. The zero-order valence-corrected chi connectivity index (χ0v) is 17.7. The van der Waals surface area contributed by atoms with E-state index in [0.717, 1.165) is 19.3 Å². The molecule has 0 saturated carbocycles. The minimum atomic E-state index is -3.64. The standard InChI is InChI=1S/C21H22F2N4O3S/c1-13-5-7-15(31(29,30)27-9-3-2-4-10-27)12-17(13)26-21(28)14-6-8-16-18(11-14)25-20(24-16)19(22)23/h5-8,11-12,19H,2-4,9-10H2,1H3,(H,24,25)(H,26,28). The third-order valence-electron chi connectivity index (χ3n) is 5.38. The quantitative estimate of drug-likeness (QED) is 0.611. The Morgan fingerprint density at radius 2 is 1.87 bits per heavy atom. The number of benzene rings is 2. The lowest BCUT2D eigenvalue weighted by molar-refractivity contribution is 0.102. The van der Waals surface area contributed by atoms with Crippen molar-refractivity contribution in [2.75, 3.05) is 18.4 Å². The molecule has 2 N–H and O–H groups in total. The van der Waals surface area contributed by atoms with Gasteiger partial charge in [0.15, 0.2) is 5.82 Å².